The molecule has 1 rings (SSSR count). The van der Waals surface area contributed by atoms with Gasteiger partial charge in [-0.05, 0) is 24.6 Å². The Hall–Kier alpha value is -1.82. The van der Waals surface area contributed by atoms with E-state index in [0.717, 1.165) is 6.42 Å². The van der Waals surface area contributed by atoms with E-state index >= 15 is 0 Å². The lowest BCUT2D eigenvalue weighted by Crippen LogP contribution is -2.27. The molecule has 1 heterocycles. The minimum absolute atomic E-state index is 0.111. The summed E-state index contributed by atoms with van der Waals surface area (Å²) in [5.41, 5.74) is 5.51. The standard InChI is InChI=1S/C12H18N2O4/c1-2-8(6-13)5-11(15)14-7-9-3-4-10(18-9)12(16)17/h3-4,8H,2,5-7,13H2,1H3,(H,14,15)(H,16,17). The summed E-state index contributed by atoms with van der Waals surface area (Å²) in [5, 5.41) is 11.3. The Morgan fingerprint density at radius 3 is 2.72 bits per heavy atom. The largest absolute Gasteiger partial charge is 0.475 e. The van der Waals surface area contributed by atoms with Crippen LogP contribution in [0.3, 0.4) is 0 Å². The minimum Gasteiger partial charge on any atom is -0.475 e. The smallest absolute Gasteiger partial charge is 0.371 e. The van der Waals surface area contributed by atoms with Crippen LogP contribution in [-0.4, -0.2) is 23.5 Å². The zero-order chi connectivity index (χ0) is 13.5. The van der Waals surface area contributed by atoms with Gasteiger partial charge in [0.05, 0.1) is 6.54 Å². The van der Waals surface area contributed by atoms with E-state index in [-0.39, 0.29) is 24.1 Å². The molecular formula is C12H18N2O4. The first-order valence-electron chi connectivity index (χ1n) is 5.85. The van der Waals surface area contributed by atoms with E-state index in [1.807, 2.05) is 6.92 Å². The third kappa shape index (κ3) is 4.21. The average Bonchev–Trinajstić information content (AvgIpc) is 2.82. The van der Waals surface area contributed by atoms with Crippen LogP contribution in [-0.2, 0) is 11.3 Å². The molecule has 18 heavy (non-hydrogen) atoms. The predicted octanol–water partition coefficient (Wildman–Crippen LogP) is 0.969. The van der Waals surface area contributed by atoms with Crippen LogP contribution >= 0.6 is 0 Å². The zero-order valence-corrected chi connectivity index (χ0v) is 10.3. The highest BCUT2D eigenvalue weighted by molar-refractivity contribution is 5.84. The normalized spacial score (nSPS) is 12.1. The molecule has 6 nitrogen and oxygen atoms in total. The van der Waals surface area contributed by atoms with Crippen molar-refractivity contribution in [3.63, 3.8) is 0 Å². The van der Waals surface area contributed by atoms with Crippen molar-refractivity contribution in [1.29, 1.82) is 0 Å². The number of carboxylic acid groups (broad SMARTS) is 1. The second-order valence-corrected chi connectivity index (χ2v) is 4.06. The summed E-state index contributed by atoms with van der Waals surface area (Å²) in [7, 11) is 0. The first-order chi connectivity index (χ1) is 8.56. The Morgan fingerprint density at radius 1 is 1.50 bits per heavy atom. The van der Waals surface area contributed by atoms with Crippen LogP contribution in [0.5, 0.6) is 0 Å². The molecule has 1 amide bonds. The van der Waals surface area contributed by atoms with E-state index in [9.17, 15) is 9.59 Å². The topological polar surface area (TPSA) is 106 Å². The molecule has 1 atom stereocenters. The van der Waals surface area contributed by atoms with Gasteiger partial charge in [-0.1, -0.05) is 13.3 Å². The number of hydrogen-bond acceptors (Lipinski definition) is 4. The predicted molar refractivity (Wildman–Crippen MR) is 65.0 cm³/mol. The van der Waals surface area contributed by atoms with E-state index in [0.29, 0.717) is 18.7 Å². The Balaban J connectivity index is 2.39. The highest BCUT2D eigenvalue weighted by Crippen LogP contribution is 2.09. The van der Waals surface area contributed by atoms with Gasteiger partial charge < -0.3 is 20.6 Å². The van der Waals surface area contributed by atoms with Crippen molar-refractivity contribution < 1.29 is 19.1 Å². The fourth-order valence-corrected chi connectivity index (χ4v) is 1.50. The van der Waals surface area contributed by atoms with Crippen LogP contribution in [0.25, 0.3) is 0 Å². The van der Waals surface area contributed by atoms with Crippen LogP contribution in [0, 0.1) is 5.92 Å². The summed E-state index contributed by atoms with van der Waals surface area (Å²) in [6.07, 6.45) is 1.23. The molecule has 0 radical (unpaired) electrons. The van der Waals surface area contributed by atoms with Gasteiger partial charge in [0.1, 0.15) is 5.76 Å². The van der Waals surface area contributed by atoms with Crippen molar-refractivity contribution in [2.24, 2.45) is 11.7 Å². The van der Waals surface area contributed by atoms with Crippen molar-refractivity contribution in [2.75, 3.05) is 6.54 Å². The monoisotopic (exact) mass is 254 g/mol. The zero-order valence-electron chi connectivity index (χ0n) is 10.3. The quantitative estimate of drug-likeness (QED) is 0.672. The Labute approximate surface area is 105 Å². The van der Waals surface area contributed by atoms with Gasteiger partial charge >= 0.3 is 5.97 Å². The summed E-state index contributed by atoms with van der Waals surface area (Å²) in [6, 6.07) is 2.89. The molecule has 0 aromatic carbocycles. The molecule has 1 unspecified atom stereocenters. The van der Waals surface area contributed by atoms with Gasteiger partial charge in [0.25, 0.3) is 0 Å². The van der Waals surface area contributed by atoms with E-state index in [4.69, 9.17) is 15.3 Å². The maximum atomic E-state index is 11.6. The number of nitrogens with one attached hydrogen (secondary N) is 1. The number of amides is 1. The molecule has 0 spiro atoms. The highest BCUT2D eigenvalue weighted by Gasteiger charge is 2.12. The molecule has 0 fully saturated rings. The first-order valence-corrected chi connectivity index (χ1v) is 5.85. The van der Waals surface area contributed by atoms with E-state index in [1.165, 1.54) is 12.1 Å². The SMILES string of the molecule is CCC(CN)CC(=O)NCc1ccc(C(=O)O)o1. The molecule has 1 aromatic rings. The number of carbonyl (C=O) groups is 2. The van der Waals surface area contributed by atoms with Crippen molar-refractivity contribution in [3.05, 3.63) is 23.7 Å². The number of aromatic carboxylic acids is 1. The molecule has 6 heteroatoms. The second kappa shape index (κ2) is 6.80. The Bertz CT molecular complexity index is 410. The fourth-order valence-electron chi connectivity index (χ4n) is 1.50. The lowest BCUT2D eigenvalue weighted by molar-refractivity contribution is -0.122. The number of nitrogens with two attached hydrogens (primary N) is 1. The first kappa shape index (κ1) is 14.2. The molecule has 0 aliphatic heterocycles. The molecule has 4 N–H and O–H groups in total. The van der Waals surface area contributed by atoms with Gasteiger partial charge in [-0.2, -0.15) is 0 Å². The number of carboxylic acids is 1. The van der Waals surface area contributed by atoms with Gasteiger partial charge in [0, 0.05) is 6.42 Å². The molecule has 0 saturated carbocycles. The molecular weight excluding hydrogens is 236 g/mol. The minimum atomic E-state index is -1.12. The average molecular weight is 254 g/mol. The number of hydrogen-bond donors (Lipinski definition) is 3. The number of rotatable bonds is 7. The lowest BCUT2D eigenvalue weighted by atomic mass is 10.0. The van der Waals surface area contributed by atoms with Crippen LogP contribution in [0.2, 0.25) is 0 Å². The summed E-state index contributed by atoms with van der Waals surface area (Å²) in [5.74, 6) is -0.771. The summed E-state index contributed by atoms with van der Waals surface area (Å²) in [4.78, 5) is 22.1. The highest BCUT2D eigenvalue weighted by atomic mass is 16.4. The van der Waals surface area contributed by atoms with Crippen LogP contribution in [0.4, 0.5) is 0 Å². The Morgan fingerprint density at radius 2 is 2.22 bits per heavy atom. The second-order valence-electron chi connectivity index (χ2n) is 4.06. The van der Waals surface area contributed by atoms with E-state index in [2.05, 4.69) is 5.32 Å². The van der Waals surface area contributed by atoms with Crippen molar-refractivity contribution >= 4 is 11.9 Å². The van der Waals surface area contributed by atoms with Gasteiger partial charge in [-0.15, -0.1) is 0 Å². The maximum absolute atomic E-state index is 11.6. The van der Waals surface area contributed by atoms with Gasteiger partial charge in [0.15, 0.2) is 0 Å². The summed E-state index contributed by atoms with van der Waals surface area (Å²) in [6.45, 7) is 2.65. The van der Waals surface area contributed by atoms with Gasteiger partial charge in [-0.25, -0.2) is 4.79 Å². The van der Waals surface area contributed by atoms with Gasteiger partial charge in [0.2, 0.25) is 11.7 Å². The number of furan rings is 1. The van der Waals surface area contributed by atoms with Crippen molar-refractivity contribution in [1.82, 2.24) is 5.32 Å². The molecule has 0 saturated heterocycles. The third-order valence-corrected chi connectivity index (χ3v) is 2.72. The molecule has 0 aliphatic carbocycles. The molecule has 0 aliphatic rings. The maximum Gasteiger partial charge on any atom is 0.371 e. The van der Waals surface area contributed by atoms with Crippen molar-refractivity contribution in [3.8, 4) is 0 Å². The summed E-state index contributed by atoms with van der Waals surface area (Å²) < 4.78 is 5.01. The van der Waals surface area contributed by atoms with Crippen LogP contribution < -0.4 is 11.1 Å². The van der Waals surface area contributed by atoms with Crippen molar-refractivity contribution in [2.45, 2.75) is 26.3 Å². The molecule has 100 valence electrons. The van der Waals surface area contributed by atoms with Crippen LogP contribution in [0.1, 0.15) is 36.1 Å². The third-order valence-electron chi connectivity index (χ3n) is 2.72. The molecule has 0 bridgehead atoms. The van der Waals surface area contributed by atoms with Crippen LogP contribution in [0.15, 0.2) is 16.5 Å². The lowest BCUT2D eigenvalue weighted by Gasteiger charge is -2.11. The number of carbonyl (C=O) groups excluding carboxylic acids is 1. The molecule has 1 aromatic heterocycles. The Kier molecular flexibility index (Phi) is 5.38. The summed E-state index contributed by atoms with van der Waals surface area (Å²) >= 11 is 0. The van der Waals surface area contributed by atoms with Gasteiger partial charge in [-0.3, -0.25) is 4.79 Å². The van der Waals surface area contributed by atoms with E-state index < -0.39 is 5.97 Å². The van der Waals surface area contributed by atoms with E-state index in [1.54, 1.807) is 0 Å². The fraction of sp³-hybridized carbons (Fsp3) is 0.500.